The zero-order valence-corrected chi connectivity index (χ0v) is 9.90. The largest absolute Gasteiger partial charge is 0.339 e. The summed E-state index contributed by atoms with van der Waals surface area (Å²) in [4.78, 5) is 4.09. The van der Waals surface area contributed by atoms with Crippen molar-refractivity contribution < 1.29 is 12.9 Å². The number of nitrogens with two attached hydrogens (primary N) is 1. The Morgan fingerprint density at radius 3 is 2.94 bits per heavy atom. The van der Waals surface area contributed by atoms with E-state index in [0.29, 0.717) is 25.2 Å². The molecule has 1 aromatic heterocycles. The summed E-state index contributed by atoms with van der Waals surface area (Å²) in [6, 6.07) is -0.0755. The molecule has 0 saturated carbocycles. The average Bonchev–Trinajstić information content (AvgIpc) is 2.70. The second-order valence-electron chi connectivity index (χ2n) is 4.23. The third kappa shape index (κ3) is 2.25. The molecule has 1 saturated heterocycles. The van der Waals surface area contributed by atoms with Crippen molar-refractivity contribution in [3.63, 3.8) is 0 Å². The molecule has 6 nitrogen and oxygen atoms in total. The molecule has 1 aliphatic heterocycles. The minimum Gasteiger partial charge on any atom is -0.339 e. The maximum Gasteiger partial charge on any atom is 0.228 e. The second kappa shape index (κ2) is 4.14. The molecular weight excluding hydrogens is 230 g/mol. The van der Waals surface area contributed by atoms with Crippen LogP contribution in [0.15, 0.2) is 4.52 Å². The molecule has 0 bridgehead atoms. The molecule has 2 heterocycles. The summed E-state index contributed by atoms with van der Waals surface area (Å²) in [7, 11) is -3.07. The molecule has 16 heavy (non-hydrogen) atoms. The summed E-state index contributed by atoms with van der Waals surface area (Å²) in [6.45, 7) is 1.83. The van der Waals surface area contributed by atoms with E-state index in [1.165, 1.54) is 0 Å². The van der Waals surface area contributed by atoms with E-state index in [0.717, 1.165) is 0 Å². The molecule has 0 radical (unpaired) electrons. The van der Waals surface area contributed by atoms with E-state index in [4.69, 9.17) is 10.3 Å². The van der Waals surface area contributed by atoms with Crippen molar-refractivity contribution >= 4 is 9.84 Å². The van der Waals surface area contributed by atoms with E-state index in [-0.39, 0.29) is 17.6 Å². The molecule has 2 atom stereocenters. The zero-order chi connectivity index (χ0) is 11.8. The third-order valence-electron chi connectivity index (χ3n) is 2.60. The van der Waals surface area contributed by atoms with Gasteiger partial charge < -0.3 is 10.3 Å². The first kappa shape index (κ1) is 11.5. The van der Waals surface area contributed by atoms with Crippen LogP contribution in [0.5, 0.6) is 0 Å². The fourth-order valence-corrected chi connectivity index (χ4v) is 3.63. The minimum atomic E-state index is -3.07. The first-order valence-corrected chi connectivity index (χ1v) is 7.00. The highest BCUT2D eigenvalue weighted by molar-refractivity contribution is 7.91. The fourth-order valence-electron chi connectivity index (χ4n) is 1.84. The molecule has 2 unspecified atom stereocenters. The molecule has 7 heteroatoms. The van der Waals surface area contributed by atoms with Crippen LogP contribution in [0.4, 0.5) is 0 Å². The van der Waals surface area contributed by atoms with Gasteiger partial charge in [0.1, 0.15) is 5.25 Å². The summed E-state index contributed by atoms with van der Waals surface area (Å²) in [5, 5.41) is 3.14. The SMILES string of the molecule is CC(N)Cc1nc(C2CCCS2(=O)=O)no1. The lowest BCUT2D eigenvalue weighted by molar-refractivity contribution is 0.365. The standard InChI is InChI=1S/C9H15N3O3S/c1-6(10)5-8-11-9(12-15-8)7-3-2-4-16(7,13)14/h6-7H,2-5,10H2,1H3. The number of hydrogen-bond donors (Lipinski definition) is 1. The van der Waals surface area contributed by atoms with Gasteiger partial charge in [0.25, 0.3) is 0 Å². The van der Waals surface area contributed by atoms with Crippen LogP contribution in [0.3, 0.4) is 0 Å². The Morgan fingerprint density at radius 1 is 1.62 bits per heavy atom. The van der Waals surface area contributed by atoms with Crippen LogP contribution in [-0.4, -0.2) is 30.4 Å². The van der Waals surface area contributed by atoms with Crippen LogP contribution in [0.25, 0.3) is 0 Å². The van der Waals surface area contributed by atoms with Gasteiger partial charge in [0.15, 0.2) is 15.7 Å². The highest BCUT2D eigenvalue weighted by atomic mass is 32.2. The highest BCUT2D eigenvalue weighted by Gasteiger charge is 2.36. The first-order chi connectivity index (χ1) is 7.49. The Hall–Kier alpha value is -0.950. The van der Waals surface area contributed by atoms with Gasteiger partial charge in [-0.1, -0.05) is 5.16 Å². The van der Waals surface area contributed by atoms with E-state index in [2.05, 4.69) is 10.1 Å². The lowest BCUT2D eigenvalue weighted by Gasteiger charge is -2.01. The molecule has 90 valence electrons. The average molecular weight is 245 g/mol. The number of hydrogen-bond acceptors (Lipinski definition) is 6. The van der Waals surface area contributed by atoms with Gasteiger partial charge in [-0.2, -0.15) is 4.98 Å². The summed E-state index contributed by atoms with van der Waals surface area (Å²) < 4.78 is 28.3. The predicted octanol–water partition coefficient (Wildman–Crippen LogP) is 0.209. The summed E-state index contributed by atoms with van der Waals surface area (Å²) >= 11 is 0. The van der Waals surface area contributed by atoms with Crippen LogP contribution < -0.4 is 5.73 Å². The Labute approximate surface area is 94.1 Å². The monoisotopic (exact) mass is 245 g/mol. The van der Waals surface area contributed by atoms with Crippen molar-refractivity contribution in [3.8, 4) is 0 Å². The Balaban J connectivity index is 2.19. The lowest BCUT2D eigenvalue weighted by atomic mass is 10.2. The van der Waals surface area contributed by atoms with Crippen LogP contribution in [0.1, 0.15) is 36.7 Å². The van der Waals surface area contributed by atoms with Crippen molar-refractivity contribution in [2.24, 2.45) is 5.73 Å². The number of aromatic nitrogens is 2. The van der Waals surface area contributed by atoms with Crippen molar-refractivity contribution in [3.05, 3.63) is 11.7 Å². The van der Waals surface area contributed by atoms with Gasteiger partial charge in [0.05, 0.1) is 5.75 Å². The Bertz CT molecular complexity index is 466. The van der Waals surface area contributed by atoms with E-state index in [1.54, 1.807) is 0 Å². The Morgan fingerprint density at radius 2 is 2.38 bits per heavy atom. The van der Waals surface area contributed by atoms with Crippen molar-refractivity contribution in [1.82, 2.24) is 10.1 Å². The predicted molar refractivity (Wildman–Crippen MR) is 57.4 cm³/mol. The third-order valence-corrected chi connectivity index (χ3v) is 4.77. The fraction of sp³-hybridized carbons (Fsp3) is 0.778. The van der Waals surface area contributed by atoms with E-state index >= 15 is 0 Å². The highest BCUT2D eigenvalue weighted by Crippen LogP contribution is 2.32. The molecule has 2 N–H and O–H groups in total. The van der Waals surface area contributed by atoms with Crippen LogP contribution in [0, 0.1) is 0 Å². The summed E-state index contributed by atoms with van der Waals surface area (Å²) in [6.07, 6.45) is 1.73. The van der Waals surface area contributed by atoms with Gasteiger partial charge >= 0.3 is 0 Å². The van der Waals surface area contributed by atoms with Gasteiger partial charge in [-0.25, -0.2) is 8.42 Å². The van der Waals surface area contributed by atoms with Crippen LogP contribution in [-0.2, 0) is 16.3 Å². The van der Waals surface area contributed by atoms with E-state index in [1.807, 2.05) is 6.92 Å². The number of rotatable bonds is 3. The molecule has 0 aliphatic carbocycles. The van der Waals surface area contributed by atoms with Gasteiger partial charge in [0.2, 0.25) is 5.89 Å². The van der Waals surface area contributed by atoms with E-state index in [9.17, 15) is 8.42 Å². The molecule has 1 fully saturated rings. The van der Waals surface area contributed by atoms with Crippen LogP contribution >= 0.6 is 0 Å². The Kier molecular flexibility index (Phi) is 2.98. The number of sulfone groups is 1. The van der Waals surface area contributed by atoms with E-state index < -0.39 is 15.1 Å². The van der Waals surface area contributed by atoms with Crippen LogP contribution in [0.2, 0.25) is 0 Å². The second-order valence-corrected chi connectivity index (χ2v) is 6.53. The van der Waals surface area contributed by atoms with Gasteiger partial charge in [-0.3, -0.25) is 0 Å². The smallest absolute Gasteiger partial charge is 0.228 e. The first-order valence-electron chi connectivity index (χ1n) is 5.28. The van der Waals surface area contributed by atoms with Gasteiger partial charge in [0, 0.05) is 12.5 Å². The minimum absolute atomic E-state index is 0.0755. The molecule has 0 amide bonds. The normalized spacial score (nSPS) is 25.8. The topological polar surface area (TPSA) is 99.1 Å². The molecule has 2 rings (SSSR count). The van der Waals surface area contributed by atoms with Gasteiger partial charge in [-0.15, -0.1) is 0 Å². The maximum atomic E-state index is 11.6. The molecule has 1 aromatic rings. The molecule has 0 aromatic carbocycles. The molecular formula is C9H15N3O3S. The quantitative estimate of drug-likeness (QED) is 0.817. The molecule has 1 aliphatic rings. The molecule has 0 spiro atoms. The van der Waals surface area contributed by atoms with Crippen molar-refractivity contribution in [2.45, 2.75) is 37.5 Å². The number of nitrogens with zero attached hydrogens (tertiary/aromatic N) is 2. The zero-order valence-electron chi connectivity index (χ0n) is 9.09. The lowest BCUT2D eigenvalue weighted by Crippen LogP contribution is -2.18. The van der Waals surface area contributed by atoms with Crippen molar-refractivity contribution in [2.75, 3.05) is 5.75 Å². The van der Waals surface area contributed by atoms with Gasteiger partial charge in [-0.05, 0) is 19.8 Å². The maximum absolute atomic E-state index is 11.6. The van der Waals surface area contributed by atoms with Crippen molar-refractivity contribution in [1.29, 1.82) is 0 Å². The summed E-state index contributed by atoms with van der Waals surface area (Å²) in [5.74, 6) is 0.912. The summed E-state index contributed by atoms with van der Waals surface area (Å²) in [5.41, 5.74) is 5.59.